The minimum Gasteiger partial charge on any atom is 0 e. The van der Waals surface area contributed by atoms with Crippen LogP contribution >= 0.6 is 0 Å². The smallest absolute Gasteiger partial charge is 0 e. The molecule has 4 heteroatoms. The van der Waals surface area contributed by atoms with Gasteiger partial charge in [0.15, 0.2) is 0 Å². The minimum absolute atomic E-state index is 0. The molecule has 29 valence electrons. The van der Waals surface area contributed by atoms with Gasteiger partial charge in [-0.05, 0) is 0 Å². The number of hydrogen-bond acceptors (Lipinski definition) is 0. The third-order valence-electron chi connectivity index (χ3n) is 0. The molecule has 0 heterocycles. The molecular formula is H3CuInSe2. The van der Waals surface area contributed by atoms with Crippen molar-refractivity contribution < 1.29 is 17.1 Å². The van der Waals surface area contributed by atoms with Crippen LogP contribution in [0.5, 0.6) is 0 Å². The maximum Gasteiger partial charge on any atom is 0 e. The Kier molecular flexibility index (Phi) is 145. The molecule has 0 aliphatic carbocycles. The summed E-state index contributed by atoms with van der Waals surface area (Å²) in [6, 6.07) is 0. The molecule has 0 saturated heterocycles. The van der Waals surface area contributed by atoms with E-state index < -0.39 is 0 Å². The van der Waals surface area contributed by atoms with Gasteiger partial charge in [0.05, 0.1) is 0 Å². The summed E-state index contributed by atoms with van der Waals surface area (Å²) in [5, 5.41) is 0. The van der Waals surface area contributed by atoms with Crippen LogP contribution in [0.15, 0.2) is 0 Å². The summed E-state index contributed by atoms with van der Waals surface area (Å²) in [7, 11) is 0. The van der Waals surface area contributed by atoms with Crippen molar-refractivity contribution >= 4 is 60.0 Å². The third kappa shape index (κ3) is 8.83. The molecule has 0 saturated carbocycles. The first-order valence-electron chi connectivity index (χ1n) is 0. The zero-order valence-corrected chi connectivity index (χ0v) is 5.49. The summed E-state index contributed by atoms with van der Waals surface area (Å²) >= 11 is 0. The second-order valence-electron chi connectivity index (χ2n) is 0. The SMILES string of the molecule is [Cu].[InH3].[Se].[Se]. The van der Waals surface area contributed by atoms with E-state index in [2.05, 4.69) is 0 Å². The molecule has 0 rings (SSSR count). The van der Waals surface area contributed by atoms with Gasteiger partial charge in [0.2, 0.25) is 0 Å². The molecule has 5 radical (unpaired) electrons. The van der Waals surface area contributed by atoms with Crippen molar-refractivity contribution in [3.05, 3.63) is 0 Å². The summed E-state index contributed by atoms with van der Waals surface area (Å²) in [6.45, 7) is 0. The van der Waals surface area contributed by atoms with Gasteiger partial charge in [-0.3, -0.25) is 0 Å². The van der Waals surface area contributed by atoms with Crippen molar-refractivity contribution in [1.82, 2.24) is 0 Å². The molecular weight excluding hydrogens is 336 g/mol. The Bertz CT molecular complexity index is 6.00. The Hall–Kier alpha value is 2.43. The molecule has 0 nitrogen and oxygen atoms in total. The van der Waals surface area contributed by atoms with E-state index >= 15 is 0 Å². The predicted octanol–water partition coefficient (Wildman–Crippen LogP) is -1.95. The third-order valence-corrected chi connectivity index (χ3v) is 0. The molecule has 0 aliphatic rings. The van der Waals surface area contributed by atoms with E-state index in [4.69, 9.17) is 0 Å². The molecule has 0 unspecified atom stereocenters. The van der Waals surface area contributed by atoms with E-state index in [9.17, 15) is 0 Å². The van der Waals surface area contributed by atoms with Crippen LogP contribution in [0.4, 0.5) is 0 Å². The van der Waals surface area contributed by atoms with E-state index in [1.54, 1.807) is 0 Å². The molecule has 0 spiro atoms. The molecule has 4 heavy (non-hydrogen) atoms. The minimum atomic E-state index is 0. The molecule has 0 aromatic carbocycles. The predicted molar refractivity (Wildman–Crippen MR) is 21.4 cm³/mol. The van der Waals surface area contributed by atoms with Gasteiger partial charge in [0, 0.05) is 51.2 Å². The zero-order valence-electron chi connectivity index (χ0n) is 1.12. The van der Waals surface area contributed by atoms with Crippen LogP contribution in [0.25, 0.3) is 0 Å². The Morgan fingerprint density at radius 3 is 0.750 bits per heavy atom. The average Bonchev–Trinajstić information content (AvgIpc) is 0. The summed E-state index contributed by atoms with van der Waals surface area (Å²) in [4.78, 5) is 0. The molecule has 0 aliphatic heterocycles. The van der Waals surface area contributed by atoms with E-state index in [0.717, 1.165) is 0 Å². The van der Waals surface area contributed by atoms with Gasteiger partial charge in [-0.15, -0.1) is 0 Å². The Morgan fingerprint density at radius 2 is 0.750 bits per heavy atom. The fourth-order valence-corrected chi connectivity index (χ4v) is 0. The summed E-state index contributed by atoms with van der Waals surface area (Å²) in [6.07, 6.45) is 0. The summed E-state index contributed by atoms with van der Waals surface area (Å²) in [5.41, 5.74) is 0. The Labute approximate surface area is 76.1 Å². The second kappa shape index (κ2) is 18.1. The van der Waals surface area contributed by atoms with Crippen molar-refractivity contribution in [2.24, 2.45) is 0 Å². The maximum absolute atomic E-state index is 0. The van der Waals surface area contributed by atoms with Gasteiger partial charge in [-0.25, -0.2) is 0 Å². The molecule has 0 bridgehead atoms. The molecule has 0 atom stereocenters. The van der Waals surface area contributed by atoms with Gasteiger partial charge in [-0.1, -0.05) is 0 Å². The van der Waals surface area contributed by atoms with Crippen LogP contribution in [0.3, 0.4) is 0 Å². The van der Waals surface area contributed by atoms with Gasteiger partial charge in [-0.2, -0.15) is 0 Å². The van der Waals surface area contributed by atoms with Gasteiger partial charge < -0.3 is 0 Å². The molecule has 0 amide bonds. The van der Waals surface area contributed by atoms with Crippen molar-refractivity contribution in [1.29, 1.82) is 0 Å². The maximum atomic E-state index is 0. The number of rotatable bonds is 0. The Morgan fingerprint density at radius 1 is 0.750 bits per heavy atom. The van der Waals surface area contributed by atoms with E-state index in [0.29, 0.717) is 0 Å². The topological polar surface area (TPSA) is 0 Å². The van der Waals surface area contributed by atoms with E-state index in [1.807, 2.05) is 0 Å². The first-order valence-corrected chi connectivity index (χ1v) is 0. The van der Waals surface area contributed by atoms with Crippen molar-refractivity contribution in [2.75, 3.05) is 0 Å². The largest absolute Gasteiger partial charge is 0 e. The quantitative estimate of drug-likeness (QED) is 0.450. The van der Waals surface area contributed by atoms with Crippen molar-refractivity contribution in [3.63, 3.8) is 0 Å². The van der Waals surface area contributed by atoms with Crippen LogP contribution in [-0.4, -0.2) is 60.0 Å². The van der Waals surface area contributed by atoms with Crippen molar-refractivity contribution in [3.8, 4) is 0 Å². The van der Waals surface area contributed by atoms with E-state index in [-0.39, 0.29) is 77.0 Å². The van der Waals surface area contributed by atoms with Crippen LogP contribution in [0.1, 0.15) is 0 Å². The van der Waals surface area contributed by atoms with Gasteiger partial charge >= 0.3 is 25.8 Å². The van der Waals surface area contributed by atoms with Crippen LogP contribution < -0.4 is 0 Å². The van der Waals surface area contributed by atoms with E-state index in [1.165, 1.54) is 0 Å². The average molecular weight is 339 g/mol. The molecule has 0 N–H and O–H groups in total. The van der Waals surface area contributed by atoms with Gasteiger partial charge in [0.25, 0.3) is 0 Å². The Balaban J connectivity index is 0. The fourth-order valence-electron chi connectivity index (χ4n) is 0. The zero-order chi connectivity index (χ0) is 0. The fraction of sp³-hybridized carbons (Fsp3) is 0. The molecule has 0 fully saturated rings. The first kappa shape index (κ1) is 32.1. The van der Waals surface area contributed by atoms with Crippen LogP contribution in [-0.2, 0) is 17.1 Å². The van der Waals surface area contributed by atoms with Crippen LogP contribution in [0, 0.1) is 0 Å². The monoisotopic (exact) mass is 341 g/mol. The second-order valence-corrected chi connectivity index (χ2v) is 0. The summed E-state index contributed by atoms with van der Waals surface area (Å²) < 4.78 is 0. The summed E-state index contributed by atoms with van der Waals surface area (Å²) in [5.74, 6) is 0. The normalized spacial score (nSPS) is 0. The standard InChI is InChI=1S/Cu.In.2Se.3H. The first-order chi connectivity index (χ1) is 0. The van der Waals surface area contributed by atoms with Crippen LogP contribution in [0.2, 0.25) is 0 Å². The molecule has 0 aromatic rings. The molecule has 0 aromatic heterocycles. The van der Waals surface area contributed by atoms with Gasteiger partial charge in [0.1, 0.15) is 0 Å². The van der Waals surface area contributed by atoms with Crippen molar-refractivity contribution in [2.45, 2.75) is 0 Å². The number of hydrogen-bond donors (Lipinski definition) is 0.